The lowest BCUT2D eigenvalue weighted by atomic mass is 10.1. The molecule has 10 heteroatoms. The second kappa shape index (κ2) is 8.97. The molecule has 0 bridgehead atoms. The lowest BCUT2D eigenvalue weighted by Crippen LogP contribution is -2.44. The number of nitrogens with one attached hydrogen (secondary N) is 1. The number of aryl methyl sites for hydroxylation is 2. The van der Waals surface area contributed by atoms with E-state index in [9.17, 15) is 9.18 Å². The fourth-order valence-electron chi connectivity index (χ4n) is 4.97. The maximum absolute atomic E-state index is 14.8. The van der Waals surface area contributed by atoms with Crippen molar-refractivity contribution < 1.29 is 4.39 Å². The number of benzene rings is 2. The molecule has 0 atom stereocenters. The Morgan fingerprint density at radius 2 is 1.81 bits per heavy atom. The Hall–Kier alpha value is -4.31. The minimum atomic E-state index is -0.494. The minimum Gasteiger partial charge on any atom is -0.369 e. The largest absolute Gasteiger partial charge is 0.369 e. The molecule has 0 radical (unpaired) electrons. The van der Waals surface area contributed by atoms with Crippen molar-refractivity contribution in [2.45, 2.75) is 13.8 Å². The van der Waals surface area contributed by atoms with E-state index in [2.05, 4.69) is 56.2 Å². The molecular weight excluding hydrogens is 471 g/mol. The summed E-state index contributed by atoms with van der Waals surface area (Å²) >= 11 is 0. The standard InChI is InChI=1S/C27H27FN8O/c1-17-5-4-6-21(28)24(17)36-26(37)20-16-30-27(32-23(20)25-29-9-10-35(25)36)31-19-7-8-22(18(2)15-19)34-13-11-33(3)12-14-34/h4-10,15-16H,11-14H2,1-3H3,(H,30,31,32). The van der Waals surface area contributed by atoms with Crippen LogP contribution in [-0.2, 0) is 0 Å². The molecule has 3 aromatic heterocycles. The number of nitrogens with zero attached hydrogens (tertiary/aromatic N) is 7. The van der Waals surface area contributed by atoms with Gasteiger partial charge in [0.15, 0.2) is 5.65 Å². The summed E-state index contributed by atoms with van der Waals surface area (Å²) in [6.07, 6.45) is 4.66. The minimum absolute atomic E-state index is 0.176. The molecule has 37 heavy (non-hydrogen) atoms. The van der Waals surface area contributed by atoms with Crippen LogP contribution in [0.2, 0.25) is 0 Å². The zero-order valence-corrected chi connectivity index (χ0v) is 20.9. The van der Waals surface area contributed by atoms with Crippen molar-refractivity contribution in [3.05, 3.63) is 82.3 Å². The van der Waals surface area contributed by atoms with E-state index in [1.54, 1.807) is 31.5 Å². The molecule has 1 fully saturated rings. The maximum Gasteiger partial charge on any atom is 0.281 e. The second-order valence-electron chi connectivity index (χ2n) is 9.49. The molecule has 1 aliphatic heterocycles. The summed E-state index contributed by atoms with van der Waals surface area (Å²) < 4.78 is 17.6. The number of hydrogen-bond donors (Lipinski definition) is 1. The zero-order chi connectivity index (χ0) is 25.7. The number of hydrogen-bond acceptors (Lipinski definition) is 7. The number of rotatable bonds is 4. The van der Waals surface area contributed by atoms with Crippen LogP contribution in [-0.4, -0.2) is 62.3 Å². The van der Waals surface area contributed by atoms with Crippen LogP contribution in [0.15, 0.2) is 59.8 Å². The molecule has 0 aliphatic carbocycles. The van der Waals surface area contributed by atoms with Crippen molar-refractivity contribution in [1.29, 1.82) is 0 Å². The van der Waals surface area contributed by atoms with Crippen LogP contribution in [0.5, 0.6) is 0 Å². The molecule has 188 valence electrons. The molecule has 6 rings (SSSR count). The highest BCUT2D eigenvalue weighted by Crippen LogP contribution is 2.27. The van der Waals surface area contributed by atoms with E-state index >= 15 is 0 Å². The molecule has 0 saturated carbocycles. The van der Waals surface area contributed by atoms with Crippen molar-refractivity contribution in [2.75, 3.05) is 43.4 Å². The molecule has 0 unspecified atom stereocenters. The van der Waals surface area contributed by atoms with Gasteiger partial charge in [0, 0.05) is 56.1 Å². The van der Waals surface area contributed by atoms with Gasteiger partial charge in [-0.05, 0) is 56.3 Å². The van der Waals surface area contributed by atoms with Crippen LogP contribution in [0, 0.1) is 19.7 Å². The van der Waals surface area contributed by atoms with E-state index in [1.165, 1.54) is 27.1 Å². The van der Waals surface area contributed by atoms with Crippen LogP contribution >= 0.6 is 0 Å². The van der Waals surface area contributed by atoms with Crippen LogP contribution < -0.4 is 15.8 Å². The summed E-state index contributed by atoms with van der Waals surface area (Å²) in [5.41, 5.74) is 4.45. The van der Waals surface area contributed by atoms with E-state index in [1.807, 2.05) is 6.07 Å². The molecule has 1 aliphatic rings. The Morgan fingerprint density at radius 3 is 2.57 bits per heavy atom. The molecule has 0 spiro atoms. The average Bonchev–Trinajstić information content (AvgIpc) is 3.36. The van der Waals surface area contributed by atoms with Gasteiger partial charge >= 0.3 is 0 Å². The number of anilines is 3. The summed E-state index contributed by atoms with van der Waals surface area (Å²) in [4.78, 5) is 31.7. The number of imidazole rings is 1. The Labute approximate surface area is 212 Å². The van der Waals surface area contributed by atoms with Crippen LogP contribution in [0.4, 0.5) is 21.7 Å². The number of aromatic nitrogens is 5. The zero-order valence-electron chi connectivity index (χ0n) is 20.9. The first kappa shape index (κ1) is 23.1. The predicted octanol–water partition coefficient (Wildman–Crippen LogP) is 3.68. The number of para-hydroxylation sites is 1. The van der Waals surface area contributed by atoms with Gasteiger partial charge in [0.1, 0.15) is 17.0 Å². The fraction of sp³-hybridized carbons (Fsp3) is 0.259. The molecule has 2 aromatic carbocycles. The predicted molar refractivity (Wildman–Crippen MR) is 143 cm³/mol. The third-order valence-electron chi connectivity index (χ3n) is 6.96. The van der Waals surface area contributed by atoms with Gasteiger partial charge in [-0.3, -0.25) is 4.79 Å². The van der Waals surface area contributed by atoms with Gasteiger partial charge < -0.3 is 15.1 Å². The average molecular weight is 499 g/mol. The highest BCUT2D eigenvalue weighted by Gasteiger charge is 2.19. The third-order valence-corrected chi connectivity index (χ3v) is 6.96. The van der Waals surface area contributed by atoms with Crippen LogP contribution in [0.1, 0.15) is 11.1 Å². The van der Waals surface area contributed by atoms with E-state index < -0.39 is 11.4 Å². The van der Waals surface area contributed by atoms with Gasteiger partial charge in [-0.2, -0.15) is 0 Å². The fourth-order valence-corrected chi connectivity index (χ4v) is 4.97. The first-order valence-electron chi connectivity index (χ1n) is 12.2. The summed E-state index contributed by atoms with van der Waals surface area (Å²) in [6.45, 7) is 7.96. The first-order valence-corrected chi connectivity index (χ1v) is 12.2. The van der Waals surface area contributed by atoms with Gasteiger partial charge in [-0.1, -0.05) is 12.1 Å². The van der Waals surface area contributed by atoms with Crippen molar-refractivity contribution in [1.82, 2.24) is 29.0 Å². The summed E-state index contributed by atoms with van der Waals surface area (Å²) in [5, 5.41) is 3.52. The van der Waals surface area contributed by atoms with Gasteiger partial charge in [-0.25, -0.2) is 28.5 Å². The Morgan fingerprint density at radius 1 is 1.00 bits per heavy atom. The second-order valence-corrected chi connectivity index (χ2v) is 9.49. The first-order chi connectivity index (χ1) is 17.9. The quantitative estimate of drug-likeness (QED) is 0.405. The van der Waals surface area contributed by atoms with Crippen molar-refractivity contribution in [2.24, 2.45) is 0 Å². The van der Waals surface area contributed by atoms with E-state index in [0.29, 0.717) is 22.7 Å². The highest BCUT2D eigenvalue weighted by molar-refractivity contribution is 5.90. The maximum atomic E-state index is 14.8. The van der Waals surface area contributed by atoms with Crippen molar-refractivity contribution in [3.63, 3.8) is 0 Å². The Kier molecular flexibility index (Phi) is 5.60. The summed E-state index contributed by atoms with van der Waals surface area (Å²) in [5.74, 6) is -0.144. The lowest BCUT2D eigenvalue weighted by molar-refractivity contribution is 0.312. The normalized spacial score (nSPS) is 14.5. The molecule has 0 amide bonds. The van der Waals surface area contributed by atoms with Gasteiger partial charge in [0.2, 0.25) is 5.95 Å². The topological polar surface area (TPSA) is 83.6 Å². The molecule has 1 saturated heterocycles. The smallest absolute Gasteiger partial charge is 0.281 e. The molecule has 4 heterocycles. The lowest BCUT2D eigenvalue weighted by Gasteiger charge is -2.35. The monoisotopic (exact) mass is 498 g/mol. The van der Waals surface area contributed by atoms with E-state index in [4.69, 9.17) is 0 Å². The number of likely N-dealkylation sites (N-methyl/N-ethyl adjacent to an activating group) is 1. The van der Waals surface area contributed by atoms with E-state index in [-0.39, 0.29) is 11.1 Å². The van der Waals surface area contributed by atoms with Gasteiger partial charge in [0.05, 0.1) is 5.39 Å². The highest BCUT2D eigenvalue weighted by atomic mass is 19.1. The number of halogens is 1. The molecule has 1 N–H and O–H groups in total. The van der Waals surface area contributed by atoms with Crippen molar-refractivity contribution in [3.8, 4) is 5.69 Å². The Bertz CT molecular complexity index is 1680. The number of piperazine rings is 1. The molecule has 5 aromatic rings. The van der Waals surface area contributed by atoms with Gasteiger partial charge in [0.25, 0.3) is 5.56 Å². The van der Waals surface area contributed by atoms with Crippen LogP contribution in [0.25, 0.3) is 22.2 Å². The van der Waals surface area contributed by atoms with Crippen molar-refractivity contribution >= 4 is 33.9 Å². The molecule has 9 nitrogen and oxygen atoms in total. The van der Waals surface area contributed by atoms with Gasteiger partial charge in [-0.15, -0.1) is 0 Å². The summed E-state index contributed by atoms with van der Waals surface area (Å²) in [6, 6.07) is 10.9. The number of fused-ring (bicyclic) bond motifs is 3. The van der Waals surface area contributed by atoms with E-state index in [0.717, 1.165) is 37.4 Å². The molecular formula is C27H27FN8O. The Balaban J connectivity index is 1.38. The van der Waals surface area contributed by atoms with Crippen LogP contribution in [0.3, 0.4) is 0 Å². The summed E-state index contributed by atoms with van der Waals surface area (Å²) in [7, 11) is 2.15. The third kappa shape index (κ3) is 3.99. The SMILES string of the molecule is Cc1cc(Nc2ncc3c(=O)n(-c4c(C)cccc4F)n4ccnc4c3n2)ccc1N1CCN(C)CC1.